The molecule has 2 rings (SSSR count). The molecule has 1 aromatic carbocycles. The Labute approximate surface area is 122 Å². The topological polar surface area (TPSA) is 40.6 Å². The molecule has 0 bridgehead atoms. The van der Waals surface area contributed by atoms with Gasteiger partial charge in [0.1, 0.15) is 0 Å². The number of likely N-dealkylation sites (tertiary alicyclic amines) is 1. The summed E-state index contributed by atoms with van der Waals surface area (Å²) in [6.45, 7) is 5.37. The van der Waals surface area contributed by atoms with Crippen LogP contribution in [0.25, 0.3) is 0 Å². The molecular weight excluding hydrogens is 272 g/mol. The first kappa shape index (κ1) is 15.5. The predicted octanol–water partition coefficient (Wildman–Crippen LogP) is 1.93. The van der Waals surface area contributed by atoms with Gasteiger partial charge in [0, 0.05) is 32.2 Å². The molecule has 0 aliphatic carbocycles. The van der Waals surface area contributed by atoms with Crippen molar-refractivity contribution in [2.75, 3.05) is 25.9 Å². The van der Waals surface area contributed by atoms with E-state index in [9.17, 15) is 8.42 Å². The summed E-state index contributed by atoms with van der Waals surface area (Å²) in [7, 11) is -3.08. The average molecular weight is 296 g/mol. The highest BCUT2D eigenvalue weighted by Crippen LogP contribution is 2.20. The molecule has 0 saturated carbocycles. The third-order valence-electron chi connectivity index (χ3n) is 3.95. The maximum absolute atomic E-state index is 11.7. The lowest BCUT2D eigenvalue weighted by Crippen LogP contribution is -2.46. The summed E-state index contributed by atoms with van der Waals surface area (Å²) in [5.74, 6) is 0. The molecule has 1 fully saturated rings. The van der Waals surface area contributed by atoms with Gasteiger partial charge in [-0.1, -0.05) is 37.3 Å². The van der Waals surface area contributed by atoms with Crippen molar-refractivity contribution in [1.29, 1.82) is 0 Å². The molecule has 4 nitrogen and oxygen atoms in total. The Bertz CT molecular complexity index is 508. The molecule has 0 unspecified atom stereocenters. The van der Waals surface area contributed by atoms with Gasteiger partial charge in [-0.15, -0.1) is 0 Å². The highest BCUT2D eigenvalue weighted by atomic mass is 32.2. The fraction of sp³-hybridized carbons (Fsp3) is 0.600. The van der Waals surface area contributed by atoms with Crippen molar-refractivity contribution in [2.45, 2.75) is 32.4 Å². The molecule has 1 saturated heterocycles. The molecule has 1 aliphatic heterocycles. The first-order valence-corrected chi connectivity index (χ1v) is 9.08. The van der Waals surface area contributed by atoms with Crippen molar-refractivity contribution < 1.29 is 8.42 Å². The number of benzene rings is 1. The molecule has 0 spiro atoms. The zero-order valence-corrected chi connectivity index (χ0v) is 13.1. The number of hydrogen-bond donors (Lipinski definition) is 0. The summed E-state index contributed by atoms with van der Waals surface area (Å²) in [6.07, 6.45) is 3.16. The molecule has 0 N–H and O–H groups in total. The van der Waals surface area contributed by atoms with Gasteiger partial charge in [-0.25, -0.2) is 8.42 Å². The Kier molecular flexibility index (Phi) is 5.18. The zero-order valence-electron chi connectivity index (χ0n) is 12.3. The van der Waals surface area contributed by atoms with Crippen LogP contribution in [0.1, 0.15) is 25.3 Å². The van der Waals surface area contributed by atoms with E-state index in [0.717, 1.165) is 32.5 Å². The molecule has 1 aromatic rings. The van der Waals surface area contributed by atoms with E-state index < -0.39 is 10.0 Å². The number of sulfonamides is 1. The van der Waals surface area contributed by atoms with Crippen molar-refractivity contribution in [1.82, 2.24) is 9.21 Å². The molecule has 0 aromatic heterocycles. The van der Waals surface area contributed by atoms with Crippen LogP contribution in [-0.2, 0) is 16.6 Å². The third-order valence-corrected chi connectivity index (χ3v) is 5.36. The monoisotopic (exact) mass is 296 g/mol. The quantitative estimate of drug-likeness (QED) is 0.833. The smallest absolute Gasteiger partial charge is 0.211 e. The lowest BCUT2D eigenvalue weighted by molar-refractivity contribution is 0.156. The van der Waals surface area contributed by atoms with Gasteiger partial charge < -0.3 is 0 Å². The second-order valence-corrected chi connectivity index (χ2v) is 7.39. The predicted molar refractivity (Wildman–Crippen MR) is 82.0 cm³/mol. The number of rotatable bonds is 5. The van der Waals surface area contributed by atoms with Gasteiger partial charge in [0.15, 0.2) is 0 Å². The Morgan fingerprint density at radius 2 is 1.80 bits per heavy atom. The molecule has 1 aliphatic rings. The fourth-order valence-corrected chi connectivity index (χ4v) is 4.19. The number of nitrogens with zero attached hydrogens (tertiary/aromatic N) is 2. The lowest BCUT2D eigenvalue weighted by atomic mass is 10.0. The van der Waals surface area contributed by atoms with Crippen LogP contribution in [0.5, 0.6) is 0 Å². The van der Waals surface area contributed by atoms with E-state index >= 15 is 0 Å². The van der Waals surface area contributed by atoms with Crippen molar-refractivity contribution in [3.63, 3.8) is 0 Å². The largest absolute Gasteiger partial charge is 0.299 e. The fourth-order valence-electron chi connectivity index (χ4n) is 2.97. The summed E-state index contributed by atoms with van der Waals surface area (Å²) >= 11 is 0. The Balaban J connectivity index is 1.89. The first-order chi connectivity index (χ1) is 9.50. The summed E-state index contributed by atoms with van der Waals surface area (Å²) in [5.41, 5.74) is 1.32. The van der Waals surface area contributed by atoms with E-state index in [0.29, 0.717) is 6.54 Å². The van der Waals surface area contributed by atoms with Gasteiger partial charge in [0.25, 0.3) is 0 Å². The van der Waals surface area contributed by atoms with Crippen molar-refractivity contribution in [3.05, 3.63) is 35.9 Å². The SMILES string of the molecule is CCN(C1CCN(Cc2ccccc2)CC1)S(C)(=O)=O. The van der Waals surface area contributed by atoms with Crippen LogP contribution in [-0.4, -0.2) is 49.6 Å². The molecule has 0 radical (unpaired) electrons. The van der Waals surface area contributed by atoms with Crippen LogP contribution >= 0.6 is 0 Å². The van der Waals surface area contributed by atoms with Gasteiger partial charge in [-0.2, -0.15) is 4.31 Å². The first-order valence-electron chi connectivity index (χ1n) is 7.24. The third kappa shape index (κ3) is 4.04. The minimum atomic E-state index is -3.08. The summed E-state index contributed by atoms with van der Waals surface area (Å²) in [5, 5.41) is 0. The minimum Gasteiger partial charge on any atom is -0.299 e. The minimum absolute atomic E-state index is 0.169. The zero-order chi connectivity index (χ0) is 14.6. The highest BCUT2D eigenvalue weighted by Gasteiger charge is 2.28. The molecular formula is C15H24N2O2S. The Morgan fingerprint density at radius 1 is 1.20 bits per heavy atom. The van der Waals surface area contributed by atoms with E-state index in [2.05, 4.69) is 29.2 Å². The number of piperidine rings is 1. The van der Waals surface area contributed by atoms with Gasteiger partial charge in [0.05, 0.1) is 6.26 Å². The van der Waals surface area contributed by atoms with Crippen LogP contribution in [0.4, 0.5) is 0 Å². The van der Waals surface area contributed by atoms with Gasteiger partial charge in [-0.3, -0.25) is 4.90 Å². The van der Waals surface area contributed by atoms with E-state index in [4.69, 9.17) is 0 Å². The van der Waals surface area contributed by atoms with Gasteiger partial charge in [-0.05, 0) is 18.4 Å². The van der Waals surface area contributed by atoms with Crippen LogP contribution in [0.15, 0.2) is 30.3 Å². The van der Waals surface area contributed by atoms with Crippen LogP contribution in [0.2, 0.25) is 0 Å². The van der Waals surface area contributed by atoms with Crippen LogP contribution in [0, 0.1) is 0 Å². The van der Waals surface area contributed by atoms with Crippen molar-refractivity contribution in [3.8, 4) is 0 Å². The number of hydrogen-bond acceptors (Lipinski definition) is 3. The maximum Gasteiger partial charge on any atom is 0.211 e. The molecule has 112 valence electrons. The second kappa shape index (κ2) is 6.70. The molecule has 0 amide bonds. The Hall–Kier alpha value is -0.910. The molecule has 1 heterocycles. The highest BCUT2D eigenvalue weighted by molar-refractivity contribution is 7.88. The standard InChI is InChI=1S/C15H24N2O2S/c1-3-17(20(2,18)19)15-9-11-16(12-10-15)13-14-7-5-4-6-8-14/h4-8,15H,3,9-13H2,1-2H3. The lowest BCUT2D eigenvalue weighted by Gasteiger charge is -2.36. The average Bonchev–Trinajstić information content (AvgIpc) is 2.41. The summed E-state index contributed by atoms with van der Waals surface area (Å²) in [4.78, 5) is 2.40. The molecule has 5 heteroatoms. The maximum atomic E-state index is 11.7. The van der Waals surface area contributed by atoms with Crippen molar-refractivity contribution >= 4 is 10.0 Å². The molecule has 20 heavy (non-hydrogen) atoms. The van der Waals surface area contributed by atoms with E-state index in [1.807, 2.05) is 13.0 Å². The van der Waals surface area contributed by atoms with E-state index in [-0.39, 0.29) is 6.04 Å². The summed E-state index contributed by atoms with van der Waals surface area (Å²) < 4.78 is 25.1. The summed E-state index contributed by atoms with van der Waals surface area (Å²) in [6, 6.07) is 10.6. The second-order valence-electron chi connectivity index (χ2n) is 5.46. The normalized spacial score (nSPS) is 18.6. The van der Waals surface area contributed by atoms with Crippen molar-refractivity contribution in [2.24, 2.45) is 0 Å². The van der Waals surface area contributed by atoms with E-state index in [1.54, 1.807) is 4.31 Å². The van der Waals surface area contributed by atoms with Gasteiger partial charge >= 0.3 is 0 Å². The Morgan fingerprint density at radius 3 is 2.30 bits per heavy atom. The van der Waals surface area contributed by atoms with E-state index in [1.165, 1.54) is 11.8 Å². The molecule has 0 atom stereocenters. The van der Waals surface area contributed by atoms with Crippen LogP contribution in [0.3, 0.4) is 0 Å². The van der Waals surface area contributed by atoms with Crippen LogP contribution < -0.4 is 0 Å². The van der Waals surface area contributed by atoms with Gasteiger partial charge in [0.2, 0.25) is 10.0 Å².